The molecule has 0 aliphatic heterocycles. The highest BCUT2D eigenvalue weighted by atomic mass is 16.5. The Morgan fingerprint density at radius 3 is 2.05 bits per heavy atom. The van der Waals surface area contributed by atoms with Gasteiger partial charge in [-0.2, -0.15) is 0 Å². The summed E-state index contributed by atoms with van der Waals surface area (Å²) >= 11 is 0. The van der Waals surface area contributed by atoms with Crippen molar-refractivity contribution < 1.29 is 19.4 Å². The normalized spacial score (nSPS) is 15.2. The van der Waals surface area contributed by atoms with E-state index < -0.39 is 12.0 Å². The topological polar surface area (TPSA) is 75.6 Å². The van der Waals surface area contributed by atoms with Crippen molar-refractivity contribution in [2.75, 3.05) is 6.61 Å². The van der Waals surface area contributed by atoms with Crippen LogP contribution in [0.25, 0.3) is 0 Å². The van der Waals surface area contributed by atoms with Gasteiger partial charge in [-0.3, -0.25) is 9.59 Å². The van der Waals surface area contributed by atoms with E-state index in [-0.39, 0.29) is 35.8 Å². The second kappa shape index (κ2) is 7.83. The van der Waals surface area contributed by atoms with Gasteiger partial charge in [0.1, 0.15) is 6.10 Å². The van der Waals surface area contributed by atoms with E-state index in [0.29, 0.717) is 0 Å². The number of rotatable bonds is 6. The highest BCUT2D eigenvalue weighted by Gasteiger charge is 2.32. The van der Waals surface area contributed by atoms with Crippen LogP contribution in [-0.2, 0) is 9.53 Å². The van der Waals surface area contributed by atoms with Gasteiger partial charge in [0.2, 0.25) is 7.85 Å². The highest BCUT2D eigenvalue weighted by Crippen LogP contribution is 2.33. The molecule has 0 aromatic rings. The first kappa shape index (κ1) is 20.0. The van der Waals surface area contributed by atoms with E-state index in [1.54, 1.807) is 0 Å². The summed E-state index contributed by atoms with van der Waals surface area (Å²) in [6.45, 7) is 12.1. The molecule has 21 heavy (non-hydrogen) atoms. The molecule has 0 fully saturated rings. The predicted octanol–water partition coefficient (Wildman–Crippen LogP) is 1.47. The van der Waals surface area contributed by atoms with Gasteiger partial charge in [-0.1, -0.05) is 41.5 Å². The van der Waals surface area contributed by atoms with E-state index in [1.807, 2.05) is 20.8 Å². The molecule has 0 heterocycles. The minimum atomic E-state index is -0.592. The largest absolute Gasteiger partial charge is 0.462 e. The molecule has 0 aromatic carbocycles. The average Bonchev–Trinajstić information content (AvgIpc) is 2.23. The van der Waals surface area contributed by atoms with E-state index in [4.69, 9.17) is 4.74 Å². The van der Waals surface area contributed by atoms with Crippen LogP contribution in [0.4, 0.5) is 4.79 Å². The molecule has 1 amide bonds. The zero-order chi connectivity index (χ0) is 16.8. The quantitative estimate of drug-likeness (QED) is 0.575. The summed E-state index contributed by atoms with van der Waals surface area (Å²) in [6, 6.07) is -0.592. The van der Waals surface area contributed by atoms with Crippen LogP contribution in [0.15, 0.2) is 0 Å². The van der Waals surface area contributed by atoms with Gasteiger partial charge < -0.3 is 15.2 Å². The number of amides is 1. The fraction of sp³-hybridized carbons (Fsp3) is 0.867. The fourth-order valence-corrected chi connectivity index (χ4v) is 1.94. The van der Waals surface area contributed by atoms with E-state index >= 15 is 0 Å². The van der Waals surface area contributed by atoms with Crippen molar-refractivity contribution in [1.82, 2.24) is 5.32 Å². The van der Waals surface area contributed by atoms with Gasteiger partial charge >= 0.3 is 5.97 Å². The molecule has 0 bridgehead atoms. The van der Waals surface area contributed by atoms with Crippen LogP contribution in [-0.4, -0.2) is 43.5 Å². The Hall–Kier alpha value is -1.04. The van der Waals surface area contributed by atoms with Gasteiger partial charge in [-0.25, -0.2) is 0 Å². The number of ether oxygens (including phenoxy) is 1. The van der Waals surface area contributed by atoms with Gasteiger partial charge in [0.15, 0.2) is 5.81 Å². The van der Waals surface area contributed by atoms with Gasteiger partial charge in [-0.05, 0) is 17.3 Å². The van der Waals surface area contributed by atoms with Crippen LogP contribution in [0.5, 0.6) is 0 Å². The van der Waals surface area contributed by atoms with Crippen molar-refractivity contribution in [3.05, 3.63) is 0 Å². The Balaban J connectivity index is 4.70. The van der Waals surface area contributed by atoms with E-state index in [0.717, 1.165) is 6.42 Å². The summed E-state index contributed by atoms with van der Waals surface area (Å²) < 4.78 is 5.60. The third-order valence-electron chi connectivity index (χ3n) is 3.08. The number of carbonyl (C=O) groups is 2. The summed E-state index contributed by atoms with van der Waals surface area (Å²) in [7, 11) is 1.35. The first-order chi connectivity index (χ1) is 9.35. The van der Waals surface area contributed by atoms with Crippen LogP contribution in [0.2, 0.25) is 0 Å². The van der Waals surface area contributed by atoms with Crippen molar-refractivity contribution in [2.45, 2.75) is 66.5 Å². The SMILES string of the molecule is BC(=O)NC(CO)CC(=O)OC(CC(C)(C)C)C(C)(C)C. The highest BCUT2D eigenvalue weighted by molar-refractivity contribution is 6.57. The molecule has 0 aromatic heterocycles. The molecule has 0 spiro atoms. The Morgan fingerprint density at radius 2 is 1.71 bits per heavy atom. The number of nitrogens with one attached hydrogen (secondary N) is 1. The zero-order valence-corrected chi connectivity index (χ0v) is 14.4. The predicted molar refractivity (Wildman–Crippen MR) is 86.0 cm³/mol. The lowest BCUT2D eigenvalue weighted by Crippen LogP contribution is -2.41. The second-order valence-corrected chi connectivity index (χ2v) is 7.89. The third kappa shape index (κ3) is 9.50. The molecule has 5 nitrogen and oxygen atoms in total. The Labute approximate surface area is 129 Å². The Kier molecular flexibility index (Phi) is 7.44. The molecule has 2 unspecified atom stereocenters. The molecule has 0 aliphatic rings. The number of aliphatic hydroxyl groups is 1. The molecule has 0 saturated heterocycles. The molecule has 2 N–H and O–H groups in total. The smallest absolute Gasteiger partial charge is 0.308 e. The molecule has 0 saturated carbocycles. The van der Waals surface area contributed by atoms with Crippen molar-refractivity contribution in [2.24, 2.45) is 10.8 Å². The molecule has 122 valence electrons. The summed E-state index contributed by atoms with van der Waals surface area (Å²) in [6.07, 6.45) is 0.528. The minimum Gasteiger partial charge on any atom is -0.462 e. The van der Waals surface area contributed by atoms with Gasteiger partial charge in [0.05, 0.1) is 19.1 Å². The van der Waals surface area contributed by atoms with E-state index in [1.165, 1.54) is 7.85 Å². The summed E-state index contributed by atoms with van der Waals surface area (Å²) in [5.41, 5.74) is -0.113. The summed E-state index contributed by atoms with van der Waals surface area (Å²) in [5.74, 6) is -0.670. The maximum Gasteiger partial charge on any atom is 0.308 e. The standard InChI is InChI=1S/C15H30BNO4/c1-14(2,3)8-11(15(4,5)6)21-12(19)7-10(9-18)17-13(16)20/h10-11,18H,7-9,16H2,1-6H3,(H,17,20). The lowest BCUT2D eigenvalue weighted by atomic mass is 9.78. The summed E-state index contributed by atoms with van der Waals surface area (Å²) in [4.78, 5) is 23.0. The van der Waals surface area contributed by atoms with E-state index in [2.05, 4.69) is 26.1 Å². The van der Waals surface area contributed by atoms with Gasteiger partial charge in [0, 0.05) is 0 Å². The van der Waals surface area contributed by atoms with Crippen LogP contribution < -0.4 is 5.32 Å². The molecule has 0 rings (SSSR count). The van der Waals surface area contributed by atoms with Crippen molar-refractivity contribution >= 4 is 19.6 Å². The van der Waals surface area contributed by atoms with Gasteiger partial charge in [-0.15, -0.1) is 0 Å². The molecular formula is C15H30BNO4. The lowest BCUT2D eigenvalue weighted by molar-refractivity contribution is -0.157. The minimum absolute atomic E-state index is 0.0210. The zero-order valence-electron chi connectivity index (χ0n) is 14.4. The second-order valence-electron chi connectivity index (χ2n) is 7.89. The average molecular weight is 299 g/mol. The maximum absolute atomic E-state index is 12.1. The Bertz CT molecular complexity index is 358. The number of carbonyl (C=O) groups excluding carboxylic acids is 2. The maximum atomic E-state index is 12.1. The third-order valence-corrected chi connectivity index (χ3v) is 3.08. The monoisotopic (exact) mass is 299 g/mol. The molecule has 2 atom stereocenters. The number of aliphatic hydroxyl groups excluding tert-OH is 1. The lowest BCUT2D eigenvalue weighted by Gasteiger charge is -2.35. The Morgan fingerprint density at radius 1 is 1.19 bits per heavy atom. The van der Waals surface area contributed by atoms with Gasteiger partial charge in [0.25, 0.3) is 0 Å². The first-order valence-corrected chi connectivity index (χ1v) is 7.42. The fourth-order valence-electron chi connectivity index (χ4n) is 1.94. The first-order valence-electron chi connectivity index (χ1n) is 7.42. The van der Waals surface area contributed by atoms with Crippen LogP contribution >= 0.6 is 0 Å². The summed E-state index contributed by atoms with van der Waals surface area (Å²) in [5, 5.41) is 11.7. The number of hydrogen-bond donors (Lipinski definition) is 2. The van der Waals surface area contributed by atoms with Crippen molar-refractivity contribution in [1.29, 1.82) is 0 Å². The molecule has 0 radical (unpaired) electrons. The molecule has 0 aliphatic carbocycles. The van der Waals surface area contributed by atoms with Crippen LogP contribution in [0.3, 0.4) is 0 Å². The van der Waals surface area contributed by atoms with Crippen LogP contribution in [0.1, 0.15) is 54.4 Å². The molecule has 6 heteroatoms. The van der Waals surface area contributed by atoms with Crippen molar-refractivity contribution in [3.63, 3.8) is 0 Å². The number of hydrogen-bond acceptors (Lipinski definition) is 4. The van der Waals surface area contributed by atoms with E-state index in [9.17, 15) is 14.7 Å². The van der Waals surface area contributed by atoms with Crippen LogP contribution in [0, 0.1) is 10.8 Å². The number of esters is 1. The molecular weight excluding hydrogens is 269 g/mol. The van der Waals surface area contributed by atoms with Crippen molar-refractivity contribution in [3.8, 4) is 0 Å².